The van der Waals surface area contributed by atoms with Crippen molar-refractivity contribution < 1.29 is 9.90 Å². The number of thioether (sulfide) groups is 1. The molecule has 1 aromatic carbocycles. The summed E-state index contributed by atoms with van der Waals surface area (Å²) in [7, 11) is 0. The summed E-state index contributed by atoms with van der Waals surface area (Å²) in [6.07, 6.45) is 1.39. The molecule has 3 nitrogen and oxygen atoms in total. The Morgan fingerprint density at radius 3 is 2.45 bits per heavy atom. The Balaban J connectivity index is 2.62. The predicted molar refractivity (Wildman–Crippen MR) is 84.8 cm³/mol. The van der Waals surface area contributed by atoms with Crippen LogP contribution in [0.15, 0.2) is 35.2 Å². The largest absolute Gasteiger partial charge is 0.396 e. The lowest BCUT2D eigenvalue weighted by Crippen LogP contribution is -2.43. The summed E-state index contributed by atoms with van der Waals surface area (Å²) in [5.41, 5.74) is 0. The van der Waals surface area contributed by atoms with E-state index in [2.05, 4.69) is 19.2 Å². The Morgan fingerprint density at radius 1 is 1.30 bits per heavy atom. The van der Waals surface area contributed by atoms with Crippen LogP contribution in [0.4, 0.5) is 0 Å². The molecule has 20 heavy (non-hydrogen) atoms. The molecular formula is C16H25NO2S. The van der Waals surface area contributed by atoms with Crippen LogP contribution >= 0.6 is 11.8 Å². The molecule has 2 unspecified atom stereocenters. The number of amides is 1. The second-order valence-electron chi connectivity index (χ2n) is 5.20. The van der Waals surface area contributed by atoms with Crippen LogP contribution in [0.2, 0.25) is 0 Å². The molecule has 0 aromatic heterocycles. The lowest BCUT2D eigenvalue weighted by Gasteiger charge is -2.24. The van der Waals surface area contributed by atoms with Gasteiger partial charge in [-0.3, -0.25) is 4.79 Å². The van der Waals surface area contributed by atoms with Gasteiger partial charge in [-0.1, -0.05) is 39.0 Å². The number of benzene rings is 1. The zero-order valence-corrected chi connectivity index (χ0v) is 13.3. The molecule has 0 aliphatic rings. The minimum absolute atomic E-state index is 0.0397. The van der Waals surface area contributed by atoms with E-state index in [9.17, 15) is 4.79 Å². The van der Waals surface area contributed by atoms with Gasteiger partial charge in [0.1, 0.15) is 0 Å². The van der Waals surface area contributed by atoms with E-state index in [1.807, 2.05) is 37.3 Å². The first-order valence-electron chi connectivity index (χ1n) is 7.21. The molecule has 1 amide bonds. The van der Waals surface area contributed by atoms with Gasteiger partial charge in [-0.2, -0.15) is 0 Å². The molecule has 0 spiro atoms. The van der Waals surface area contributed by atoms with Gasteiger partial charge in [-0.25, -0.2) is 0 Å². The smallest absolute Gasteiger partial charge is 0.233 e. The fraction of sp³-hybridized carbons (Fsp3) is 0.562. The van der Waals surface area contributed by atoms with Gasteiger partial charge in [0.25, 0.3) is 0 Å². The maximum atomic E-state index is 12.4. The van der Waals surface area contributed by atoms with Gasteiger partial charge in [0.15, 0.2) is 0 Å². The van der Waals surface area contributed by atoms with Crippen molar-refractivity contribution >= 4 is 17.7 Å². The van der Waals surface area contributed by atoms with Crippen molar-refractivity contribution in [2.24, 2.45) is 5.92 Å². The normalized spacial score (nSPS) is 14.1. The maximum Gasteiger partial charge on any atom is 0.233 e. The Kier molecular flexibility index (Phi) is 7.70. The highest BCUT2D eigenvalue weighted by Crippen LogP contribution is 2.25. The third kappa shape index (κ3) is 5.55. The average Bonchev–Trinajstić information content (AvgIpc) is 2.45. The number of carbonyl (C=O) groups is 1. The summed E-state index contributed by atoms with van der Waals surface area (Å²) in [5.74, 6) is 0.388. The highest BCUT2D eigenvalue weighted by atomic mass is 32.2. The number of nitrogens with one attached hydrogen (secondary N) is 1. The highest BCUT2D eigenvalue weighted by Gasteiger charge is 2.22. The molecule has 0 bridgehead atoms. The number of carbonyl (C=O) groups excluding carboxylic acids is 1. The molecular weight excluding hydrogens is 270 g/mol. The number of rotatable bonds is 8. The van der Waals surface area contributed by atoms with Crippen LogP contribution < -0.4 is 5.32 Å². The van der Waals surface area contributed by atoms with E-state index >= 15 is 0 Å². The summed E-state index contributed by atoms with van der Waals surface area (Å²) in [5, 5.41) is 12.1. The number of hydrogen-bond acceptors (Lipinski definition) is 3. The average molecular weight is 295 g/mol. The molecule has 2 N–H and O–H groups in total. The van der Waals surface area contributed by atoms with Crippen molar-refractivity contribution in [3.05, 3.63) is 30.3 Å². The van der Waals surface area contributed by atoms with Gasteiger partial charge in [0, 0.05) is 17.5 Å². The van der Waals surface area contributed by atoms with Crippen LogP contribution in [-0.4, -0.2) is 28.9 Å². The second kappa shape index (κ2) is 9.03. The summed E-state index contributed by atoms with van der Waals surface area (Å²) in [4.78, 5) is 13.5. The van der Waals surface area contributed by atoms with Crippen LogP contribution in [0.25, 0.3) is 0 Å². The van der Waals surface area contributed by atoms with Crippen LogP contribution in [-0.2, 0) is 4.79 Å². The van der Waals surface area contributed by atoms with Crippen LogP contribution in [0.3, 0.4) is 0 Å². The summed E-state index contributed by atoms with van der Waals surface area (Å²) in [6, 6.07) is 10.0. The van der Waals surface area contributed by atoms with Crippen molar-refractivity contribution in [3.8, 4) is 0 Å². The minimum atomic E-state index is -0.0858. The SMILES string of the molecule is CCC(Sc1ccccc1)C(=O)NC(CCO)C(C)C. The lowest BCUT2D eigenvalue weighted by atomic mass is 10.0. The van der Waals surface area contributed by atoms with Gasteiger partial charge in [-0.15, -0.1) is 11.8 Å². The Bertz CT molecular complexity index is 395. The molecule has 0 saturated heterocycles. The topological polar surface area (TPSA) is 49.3 Å². The first kappa shape index (κ1) is 17.1. The molecule has 0 aliphatic heterocycles. The summed E-state index contributed by atoms with van der Waals surface area (Å²) < 4.78 is 0. The van der Waals surface area contributed by atoms with E-state index in [1.54, 1.807) is 11.8 Å². The van der Waals surface area contributed by atoms with Crippen molar-refractivity contribution in [1.29, 1.82) is 0 Å². The van der Waals surface area contributed by atoms with E-state index in [4.69, 9.17) is 5.11 Å². The van der Waals surface area contributed by atoms with Gasteiger partial charge >= 0.3 is 0 Å². The highest BCUT2D eigenvalue weighted by molar-refractivity contribution is 8.00. The minimum Gasteiger partial charge on any atom is -0.396 e. The zero-order chi connectivity index (χ0) is 15.0. The molecule has 1 rings (SSSR count). The van der Waals surface area contributed by atoms with Gasteiger partial charge in [0.2, 0.25) is 5.91 Å². The molecule has 2 atom stereocenters. The van der Waals surface area contributed by atoms with Crippen molar-refractivity contribution in [2.45, 2.75) is 49.8 Å². The standard InChI is InChI=1S/C16H25NO2S/c1-4-15(20-13-8-6-5-7-9-13)16(19)17-14(10-11-18)12(2)3/h5-9,12,14-15,18H,4,10-11H2,1-3H3,(H,17,19). The third-order valence-corrected chi connectivity index (χ3v) is 4.63. The second-order valence-corrected chi connectivity index (χ2v) is 6.48. The van der Waals surface area contributed by atoms with Crippen molar-refractivity contribution in [3.63, 3.8) is 0 Å². The summed E-state index contributed by atoms with van der Waals surface area (Å²) in [6.45, 7) is 6.25. The van der Waals surface area contributed by atoms with Gasteiger partial charge in [-0.05, 0) is 30.9 Å². The molecule has 4 heteroatoms. The van der Waals surface area contributed by atoms with E-state index in [-0.39, 0.29) is 23.8 Å². The zero-order valence-electron chi connectivity index (χ0n) is 12.5. The monoisotopic (exact) mass is 295 g/mol. The number of aliphatic hydroxyl groups is 1. The van der Waals surface area contributed by atoms with E-state index in [0.29, 0.717) is 12.3 Å². The van der Waals surface area contributed by atoms with Crippen LogP contribution in [0, 0.1) is 5.92 Å². The summed E-state index contributed by atoms with van der Waals surface area (Å²) >= 11 is 1.59. The number of aliphatic hydroxyl groups excluding tert-OH is 1. The molecule has 0 fully saturated rings. The van der Waals surface area contributed by atoms with Gasteiger partial charge in [0.05, 0.1) is 5.25 Å². The quantitative estimate of drug-likeness (QED) is 0.725. The first-order chi connectivity index (χ1) is 9.58. The molecule has 0 saturated carbocycles. The van der Waals surface area contributed by atoms with E-state index in [0.717, 1.165) is 11.3 Å². The number of hydrogen-bond donors (Lipinski definition) is 2. The first-order valence-corrected chi connectivity index (χ1v) is 8.09. The van der Waals surface area contributed by atoms with Crippen molar-refractivity contribution in [2.75, 3.05) is 6.61 Å². The predicted octanol–water partition coefficient (Wildman–Crippen LogP) is 3.08. The van der Waals surface area contributed by atoms with E-state index < -0.39 is 0 Å². The molecule has 112 valence electrons. The Labute approximate surface area is 126 Å². The molecule has 0 radical (unpaired) electrons. The molecule has 0 aliphatic carbocycles. The van der Waals surface area contributed by atoms with E-state index in [1.165, 1.54) is 0 Å². The van der Waals surface area contributed by atoms with Crippen molar-refractivity contribution in [1.82, 2.24) is 5.32 Å². The lowest BCUT2D eigenvalue weighted by molar-refractivity contribution is -0.121. The Hall–Kier alpha value is -1.00. The fourth-order valence-corrected chi connectivity index (χ4v) is 2.96. The fourth-order valence-electron chi connectivity index (χ4n) is 1.97. The Morgan fingerprint density at radius 2 is 1.95 bits per heavy atom. The van der Waals surface area contributed by atoms with Crippen LogP contribution in [0.1, 0.15) is 33.6 Å². The maximum absolute atomic E-state index is 12.4. The molecule has 1 aromatic rings. The van der Waals surface area contributed by atoms with Crippen LogP contribution in [0.5, 0.6) is 0 Å². The van der Waals surface area contributed by atoms with Gasteiger partial charge < -0.3 is 10.4 Å². The third-order valence-electron chi connectivity index (χ3n) is 3.26. The molecule has 0 heterocycles.